The zero-order valence-electron chi connectivity index (χ0n) is 14.9. The Morgan fingerprint density at radius 3 is 2.77 bits per heavy atom. The molecule has 1 heterocycles. The van der Waals surface area contributed by atoms with Gasteiger partial charge in [0, 0.05) is 0 Å². The largest absolute Gasteiger partial charge is 0.447 e. The summed E-state index contributed by atoms with van der Waals surface area (Å²) in [6, 6.07) is 9.14. The molecule has 0 aromatic heterocycles. The minimum Gasteiger partial charge on any atom is -0.447 e. The van der Waals surface area contributed by atoms with Crippen LogP contribution in [0.3, 0.4) is 0 Å². The second-order valence-electron chi connectivity index (χ2n) is 6.26. The molecule has 0 saturated carbocycles. The Labute approximate surface area is 156 Å². The van der Waals surface area contributed by atoms with E-state index in [0.29, 0.717) is 6.42 Å². The van der Waals surface area contributed by atoms with Gasteiger partial charge in [-0.25, -0.2) is 9.69 Å². The molecular weight excluding hydrogens is 352 g/mol. The molecule has 1 aromatic carbocycles. The van der Waals surface area contributed by atoms with Crippen LogP contribution >= 0.6 is 8.03 Å². The van der Waals surface area contributed by atoms with Crippen molar-refractivity contribution in [2.24, 2.45) is 5.92 Å². The lowest BCUT2D eigenvalue weighted by Crippen LogP contribution is -2.48. The first kappa shape index (κ1) is 20.6. The smallest absolute Gasteiger partial charge is 0.416 e. The number of aliphatic hydroxyl groups is 1. The fraction of sp³-hybridized carbons (Fsp3) is 0.444. The predicted molar refractivity (Wildman–Crippen MR) is 101 cm³/mol. The number of carbonyl (C=O) groups is 2. The van der Waals surface area contributed by atoms with Gasteiger partial charge in [0.25, 0.3) is 0 Å². The maximum Gasteiger partial charge on any atom is 0.416 e. The minimum atomic E-state index is -1.23. The lowest BCUT2D eigenvalue weighted by molar-refractivity contribution is -0.138. The molecule has 2 rings (SSSR count). The summed E-state index contributed by atoms with van der Waals surface area (Å²) in [6.45, 7) is 6.97. The fourth-order valence-electron chi connectivity index (χ4n) is 2.85. The Balaban J connectivity index is 2.11. The van der Waals surface area contributed by atoms with E-state index in [-0.39, 0.29) is 6.61 Å². The number of cyclic esters (lactones) is 1. The maximum absolute atomic E-state index is 12.9. The molecule has 1 N–H and O–H groups in total. The van der Waals surface area contributed by atoms with E-state index in [1.165, 1.54) is 6.08 Å². The lowest BCUT2D eigenvalue weighted by atomic mass is 9.97. The Hall–Kier alpha value is -1.69. The Bertz CT molecular complexity index is 642. The van der Waals surface area contributed by atoms with Crippen molar-refractivity contribution in [3.63, 3.8) is 0 Å². The van der Waals surface area contributed by atoms with Crippen molar-refractivity contribution in [1.29, 1.82) is 0 Å². The van der Waals surface area contributed by atoms with E-state index in [1.54, 1.807) is 13.6 Å². The highest BCUT2D eigenvalue weighted by atomic mass is 31.1. The van der Waals surface area contributed by atoms with Crippen LogP contribution in [0.2, 0.25) is 0 Å². The normalized spacial score (nSPS) is 21.6. The summed E-state index contributed by atoms with van der Waals surface area (Å²) >= 11 is 0. The second-order valence-corrected chi connectivity index (χ2v) is 7.56. The highest BCUT2D eigenvalue weighted by molar-refractivity contribution is 7.77. The topological polar surface area (TPSA) is 76.1 Å². The van der Waals surface area contributed by atoms with Crippen LogP contribution in [0.1, 0.15) is 12.5 Å². The third kappa shape index (κ3) is 4.94. The molecule has 0 aliphatic carbocycles. The van der Waals surface area contributed by atoms with Crippen molar-refractivity contribution in [3.8, 4) is 0 Å². The molecule has 26 heavy (non-hydrogen) atoms. The SMILES string of the molecule is [B]P(C)O[C@H](C=C)[C@@H](O)[C@H](C)C(=O)N1C(=O)OC[C@H]1Cc1ccccc1. The number of hydrogen-bond donors (Lipinski definition) is 1. The van der Waals surface area contributed by atoms with Gasteiger partial charge in [-0.1, -0.05) is 43.3 Å². The predicted octanol–water partition coefficient (Wildman–Crippen LogP) is 2.25. The summed E-state index contributed by atoms with van der Waals surface area (Å²) in [5.41, 5.74) is 0.994. The molecule has 2 amide bonds. The molecule has 0 spiro atoms. The van der Waals surface area contributed by atoms with Crippen LogP contribution in [0, 0.1) is 5.92 Å². The molecule has 1 aliphatic heterocycles. The Morgan fingerprint density at radius 1 is 1.54 bits per heavy atom. The van der Waals surface area contributed by atoms with E-state index in [0.717, 1.165) is 10.5 Å². The molecule has 1 unspecified atom stereocenters. The summed E-state index contributed by atoms with van der Waals surface area (Å²) in [5.74, 6) is -1.38. The number of hydrogen-bond acceptors (Lipinski definition) is 5. The van der Waals surface area contributed by atoms with Gasteiger partial charge in [-0.15, -0.1) is 6.58 Å². The first-order valence-electron chi connectivity index (χ1n) is 8.34. The van der Waals surface area contributed by atoms with E-state index in [2.05, 4.69) is 6.58 Å². The second kappa shape index (κ2) is 9.31. The quantitative estimate of drug-likeness (QED) is 0.429. The summed E-state index contributed by atoms with van der Waals surface area (Å²) < 4.78 is 10.5. The van der Waals surface area contributed by atoms with E-state index in [4.69, 9.17) is 16.8 Å². The number of aliphatic hydroxyl groups excluding tert-OH is 1. The van der Waals surface area contributed by atoms with Gasteiger partial charge in [-0.05, 0) is 26.7 Å². The number of rotatable bonds is 8. The number of carbonyl (C=O) groups excluding carboxylic acids is 2. The molecule has 8 heteroatoms. The first-order chi connectivity index (χ1) is 12.3. The molecule has 138 valence electrons. The number of ether oxygens (including phenoxy) is 1. The third-order valence-corrected chi connectivity index (χ3v) is 4.85. The highest BCUT2D eigenvalue weighted by Crippen LogP contribution is 2.31. The minimum absolute atomic E-state index is 0.132. The van der Waals surface area contributed by atoms with Gasteiger partial charge >= 0.3 is 6.09 Å². The van der Waals surface area contributed by atoms with Crippen molar-refractivity contribution in [1.82, 2.24) is 4.90 Å². The van der Waals surface area contributed by atoms with Crippen LogP contribution in [0.5, 0.6) is 0 Å². The lowest BCUT2D eigenvalue weighted by Gasteiger charge is -2.29. The van der Waals surface area contributed by atoms with E-state index < -0.39 is 44.2 Å². The van der Waals surface area contributed by atoms with Gasteiger partial charge in [0.05, 0.1) is 18.1 Å². The molecule has 0 bridgehead atoms. The van der Waals surface area contributed by atoms with Gasteiger partial charge in [0.2, 0.25) is 5.91 Å². The van der Waals surface area contributed by atoms with Crippen molar-refractivity contribution < 1.29 is 24.0 Å². The molecule has 1 aromatic rings. The van der Waals surface area contributed by atoms with Crippen molar-refractivity contribution in [3.05, 3.63) is 48.6 Å². The average molecular weight is 375 g/mol. The van der Waals surface area contributed by atoms with E-state index >= 15 is 0 Å². The molecular formula is C18H23BNO5P. The Kier molecular flexibility index (Phi) is 7.38. The number of benzene rings is 1. The molecule has 5 atom stereocenters. The van der Waals surface area contributed by atoms with Gasteiger partial charge in [-0.2, -0.15) is 0 Å². The van der Waals surface area contributed by atoms with Gasteiger partial charge in [-0.3, -0.25) is 4.79 Å². The van der Waals surface area contributed by atoms with Crippen LogP contribution in [0.25, 0.3) is 0 Å². The zero-order valence-corrected chi connectivity index (χ0v) is 15.8. The first-order valence-corrected chi connectivity index (χ1v) is 10.1. The van der Waals surface area contributed by atoms with Gasteiger partial charge in [0.1, 0.15) is 20.3 Å². The number of imide groups is 1. The summed E-state index contributed by atoms with van der Waals surface area (Å²) in [7, 11) is 4.42. The summed E-state index contributed by atoms with van der Waals surface area (Å²) in [4.78, 5) is 26.0. The van der Waals surface area contributed by atoms with Gasteiger partial charge in [0.15, 0.2) is 0 Å². The van der Waals surface area contributed by atoms with Crippen molar-refractivity contribution in [2.45, 2.75) is 31.6 Å². The summed E-state index contributed by atoms with van der Waals surface area (Å²) in [5, 5.41) is 10.5. The monoisotopic (exact) mass is 375 g/mol. The van der Waals surface area contributed by atoms with Crippen molar-refractivity contribution >= 4 is 27.6 Å². The van der Waals surface area contributed by atoms with Crippen LogP contribution in [0.15, 0.2) is 43.0 Å². The standard InChI is InChI=1S/C18H23BNO5P/c1-4-15(25-26(3)19)16(21)12(2)17(22)20-14(11-24-18(20)23)10-13-8-6-5-7-9-13/h4-9,12,14-16,21H,1,10-11H2,2-3H3/t12-,14+,15+,16-,26?/m0/s1. The number of amides is 2. The summed E-state index contributed by atoms with van der Waals surface area (Å²) in [6.07, 6.45) is -0.752. The van der Waals surface area contributed by atoms with E-state index in [1.807, 2.05) is 30.3 Å². The third-order valence-electron chi connectivity index (χ3n) is 4.27. The average Bonchev–Trinajstić information content (AvgIpc) is 2.98. The molecule has 2 radical (unpaired) electrons. The molecule has 1 saturated heterocycles. The fourth-order valence-corrected chi connectivity index (χ4v) is 3.45. The Morgan fingerprint density at radius 2 is 2.19 bits per heavy atom. The van der Waals surface area contributed by atoms with E-state index in [9.17, 15) is 14.7 Å². The highest BCUT2D eigenvalue weighted by Gasteiger charge is 2.42. The van der Waals surface area contributed by atoms with Crippen LogP contribution < -0.4 is 0 Å². The van der Waals surface area contributed by atoms with Crippen LogP contribution in [-0.4, -0.2) is 61.1 Å². The molecule has 1 aliphatic rings. The van der Waals surface area contributed by atoms with Gasteiger partial charge < -0.3 is 14.4 Å². The molecule has 1 fully saturated rings. The van der Waals surface area contributed by atoms with Crippen LogP contribution in [-0.2, 0) is 20.5 Å². The zero-order chi connectivity index (χ0) is 19.3. The molecule has 6 nitrogen and oxygen atoms in total. The van der Waals surface area contributed by atoms with Crippen LogP contribution in [0.4, 0.5) is 4.79 Å². The maximum atomic E-state index is 12.9. The van der Waals surface area contributed by atoms with Crippen molar-refractivity contribution in [2.75, 3.05) is 13.3 Å². The number of nitrogens with zero attached hydrogens (tertiary/aromatic N) is 1.